The molecule has 1 saturated heterocycles. The van der Waals surface area contributed by atoms with E-state index in [1.807, 2.05) is 19.9 Å². The standard InChI is InChI=1S/C17H28N4/c1-13-11-14(2)19-17(18-13)20-15-7-6-10-21(12-15)16-8-4-3-5-9-16/h11,15-16H,3-10,12H2,1-2H3,(H,18,19,20). The number of likely N-dealkylation sites (tertiary alicyclic amines) is 1. The molecule has 0 spiro atoms. The lowest BCUT2D eigenvalue weighted by atomic mass is 9.92. The molecule has 1 aromatic heterocycles. The molecule has 1 unspecified atom stereocenters. The van der Waals surface area contributed by atoms with Gasteiger partial charge in [-0.25, -0.2) is 9.97 Å². The predicted octanol–water partition coefficient (Wildman–Crippen LogP) is 3.30. The van der Waals surface area contributed by atoms with Gasteiger partial charge in [-0.15, -0.1) is 0 Å². The molecule has 0 aromatic carbocycles. The predicted molar refractivity (Wildman–Crippen MR) is 86.6 cm³/mol. The lowest BCUT2D eigenvalue weighted by Gasteiger charge is -2.40. The Labute approximate surface area is 128 Å². The van der Waals surface area contributed by atoms with Crippen molar-refractivity contribution >= 4 is 5.95 Å². The van der Waals surface area contributed by atoms with Crippen LogP contribution in [-0.2, 0) is 0 Å². The van der Waals surface area contributed by atoms with Gasteiger partial charge in [0.1, 0.15) is 0 Å². The van der Waals surface area contributed by atoms with Gasteiger partial charge in [0.25, 0.3) is 0 Å². The molecule has 21 heavy (non-hydrogen) atoms. The summed E-state index contributed by atoms with van der Waals surface area (Å²) in [5, 5.41) is 3.57. The van der Waals surface area contributed by atoms with Gasteiger partial charge < -0.3 is 5.32 Å². The maximum atomic E-state index is 4.52. The number of piperidine rings is 1. The number of nitrogens with one attached hydrogen (secondary N) is 1. The molecule has 1 aliphatic heterocycles. The zero-order valence-electron chi connectivity index (χ0n) is 13.4. The quantitative estimate of drug-likeness (QED) is 0.926. The number of hydrogen-bond donors (Lipinski definition) is 1. The summed E-state index contributed by atoms with van der Waals surface area (Å²) < 4.78 is 0. The third kappa shape index (κ3) is 3.94. The van der Waals surface area contributed by atoms with Crippen LogP contribution in [0.2, 0.25) is 0 Å². The van der Waals surface area contributed by atoms with Crippen molar-refractivity contribution in [2.75, 3.05) is 18.4 Å². The van der Waals surface area contributed by atoms with Crippen molar-refractivity contribution < 1.29 is 0 Å². The van der Waals surface area contributed by atoms with Crippen LogP contribution in [0.5, 0.6) is 0 Å². The second-order valence-electron chi connectivity index (χ2n) is 6.74. The molecule has 2 heterocycles. The van der Waals surface area contributed by atoms with Crippen LogP contribution in [0.3, 0.4) is 0 Å². The summed E-state index contributed by atoms with van der Waals surface area (Å²) in [5.41, 5.74) is 2.09. The summed E-state index contributed by atoms with van der Waals surface area (Å²) in [6.45, 7) is 6.50. The van der Waals surface area contributed by atoms with Gasteiger partial charge in [0.15, 0.2) is 0 Å². The van der Waals surface area contributed by atoms with Gasteiger partial charge in [-0.2, -0.15) is 0 Å². The van der Waals surface area contributed by atoms with Crippen molar-refractivity contribution in [2.45, 2.75) is 70.9 Å². The molecule has 2 fully saturated rings. The normalized spacial score (nSPS) is 25.0. The molecule has 1 aromatic rings. The minimum atomic E-state index is 0.502. The Morgan fingerprint density at radius 1 is 1.00 bits per heavy atom. The van der Waals surface area contributed by atoms with Gasteiger partial charge in [-0.3, -0.25) is 4.90 Å². The molecule has 1 aliphatic carbocycles. The highest BCUT2D eigenvalue weighted by Crippen LogP contribution is 2.26. The van der Waals surface area contributed by atoms with Crippen LogP contribution in [0.25, 0.3) is 0 Å². The van der Waals surface area contributed by atoms with Crippen LogP contribution in [0.15, 0.2) is 6.07 Å². The van der Waals surface area contributed by atoms with E-state index in [4.69, 9.17) is 0 Å². The van der Waals surface area contributed by atoms with Crippen LogP contribution >= 0.6 is 0 Å². The van der Waals surface area contributed by atoms with Gasteiger partial charge in [0, 0.05) is 30.0 Å². The van der Waals surface area contributed by atoms with Crippen LogP contribution < -0.4 is 5.32 Å². The molecule has 2 aliphatic rings. The molecule has 4 nitrogen and oxygen atoms in total. The number of nitrogens with zero attached hydrogens (tertiary/aromatic N) is 3. The van der Waals surface area contributed by atoms with E-state index in [9.17, 15) is 0 Å². The number of anilines is 1. The first-order chi connectivity index (χ1) is 10.2. The fraction of sp³-hybridized carbons (Fsp3) is 0.765. The van der Waals surface area contributed by atoms with E-state index >= 15 is 0 Å². The minimum Gasteiger partial charge on any atom is -0.350 e. The number of rotatable bonds is 3. The lowest BCUT2D eigenvalue weighted by molar-refractivity contribution is 0.124. The minimum absolute atomic E-state index is 0.502. The van der Waals surface area contributed by atoms with Crippen molar-refractivity contribution in [3.8, 4) is 0 Å². The summed E-state index contributed by atoms with van der Waals surface area (Å²) in [4.78, 5) is 11.8. The average molecular weight is 288 g/mol. The molecule has 3 rings (SSSR count). The molecule has 4 heteroatoms. The van der Waals surface area contributed by atoms with Crippen molar-refractivity contribution in [3.05, 3.63) is 17.5 Å². The Balaban J connectivity index is 1.60. The highest BCUT2D eigenvalue weighted by molar-refractivity contribution is 5.29. The summed E-state index contributed by atoms with van der Waals surface area (Å²) >= 11 is 0. The van der Waals surface area contributed by atoms with Crippen LogP contribution in [0.4, 0.5) is 5.95 Å². The van der Waals surface area contributed by atoms with E-state index in [-0.39, 0.29) is 0 Å². The molecule has 1 N–H and O–H groups in total. The van der Waals surface area contributed by atoms with E-state index in [1.54, 1.807) is 0 Å². The zero-order chi connectivity index (χ0) is 14.7. The van der Waals surface area contributed by atoms with Crippen LogP contribution in [0.1, 0.15) is 56.3 Å². The second kappa shape index (κ2) is 6.73. The Hall–Kier alpha value is -1.16. The fourth-order valence-electron chi connectivity index (χ4n) is 3.88. The van der Waals surface area contributed by atoms with E-state index in [0.29, 0.717) is 6.04 Å². The molecule has 0 bridgehead atoms. The summed E-state index contributed by atoms with van der Waals surface area (Å²) in [6, 6.07) is 3.35. The maximum Gasteiger partial charge on any atom is 0.223 e. The Kier molecular flexibility index (Phi) is 4.73. The van der Waals surface area contributed by atoms with Gasteiger partial charge >= 0.3 is 0 Å². The van der Waals surface area contributed by atoms with Gasteiger partial charge in [-0.1, -0.05) is 19.3 Å². The first-order valence-electron chi connectivity index (χ1n) is 8.53. The molecule has 1 atom stereocenters. The Morgan fingerprint density at radius 2 is 1.71 bits per heavy atom. The highest BCUT2D eigenvalue weighted by atomic mass is 15.2. The van der Waals surface area contributed by atoms with E-state index < -0.39 is 0 Å². The van der Waals surface area contributed by atoms with Gasteiger partial charge in [-0.05, 0) is 52.1 Å². The van der Waals surface area contributed by atoms with E-state index in [2.05, 4.69) is 20.2 Å². The van der Waals surface area contributed by atoms with Crippen LogP contribution in [0, 0.1) is 13.8 Å². The third-order valence-electron chi connectivity index (χ3n) is 4.86. The summed E-state index contributed by atoms with van der Waals surface area (Å²) in [7, 11) is 0. The smallest absolute Gasteiger partial charge is 0.223 e. The number of aryl methyl sites for hydroxylation is 2. The van der Waals surface area contributed by atoms with Gasteiger partial charge in [0.2, 0.25) is 5.95 Å². The van der Waals surface area contributed by atoms with Crippen molar-refractivity contribution in [1.82, 2.24) is 14.9 Å². The topological polar surface area (TPSA) is 41.1 Å². The highest BCUT2D eigenvalue weighted by Gasteiger charge is 2.27. The summed E-state index contributed by atoms with van der Waals surface area (Å²) in [6.07, 6.45) is 9.58. The molecule has 1 saturated carbocycles. The van der Waals surface area contributed by atoms with E-state index in [1.165, 1.54) is 51.5 Å². The SMILES string of the molecule is Cc1cc(C)nc(NC2CCCN(C3CCCCC3)C2)n1. The fourth-order valence-corrected chi connectivity index (χ4v) is 3.88. The molecule has 0 radical (unpaired) electrons. The monoisotopic (exact) mass is 288 g/mol. The average Bonchev–Trinajstić information content (AvgIpc) is 2.47. The second-order valence-corrected chi connectivity index (χ2v) is 6.74. The lowest BCUT2D eigenvalue weighted by Crippen LogP contribution is -2.47. The zero-order valence-corrected chi connectivity index (χ0v) is 13.4. The van der Waals surface area contributed by atoms with E-state index in [0.717, 1.165) is 29.9 Å². The number of aromatic nitrogens is 2. The largest absolute Gasteiger partial charge is 0.350 e. The summed E-state index contributed by atoms with van der Waals surface area (Å²) in [5.74, 6) is 0.808. The van der Waals surface area contributed by atoms with Crippen LogP contribution in [-0.4, -0.2) is 40.0 Å². The molecule has 116 valence electrons. The van der Waals surface area contributed by atoms with Crippen molar-refractivity contribution in [3.63, 3.8) is 0 Å². The molecule has 0 amide bonds. The third-order valence-corrected chi connectivity index (χ3v) is 4.86. The van der Waals surface area contributed by atoms with Crippen molar-refractivity contribution in [2.24, 2.45) is 0 Å². The van der Waals surface area contributed by atoms with Crippen molar-refractivity contribution in [1.29, 1.82) is 0 Å². The Morgan fingerprint density at radius 3 is 2.43 bits per heavy atom. The molecular weight excluding hydrogens is 260 g/mol. The number of hydrogen-bond acceptors (Lipinski definition) is 4. The Bertz CT molecular complexity index is 448. The first kappa shape index (κ1) is 14.8. The van der Waals surface area contributed by atoms with Gasteiger partial charge in [0.05, 0.1) is 0 Å². The maximum absolute atomic E-state index is 4.52. The molecular formula is C17H28N4. The first-order valence-corrected chi connectivity index (χ1v) is 8.53.